The molecule has 1 saturated heterocycles. The van der Waals surface area contributed by atoms with Crippen molar-refractivity contribution >= 4 is 50.6 Å². The Labute approximate surface area is 159 Å². The summed E-state index contributed by atoms with van der Waals surface area (Å²) in [6.45, 7) is 2.37. The van der Waals surface area contributed by atoms with E-state index in [1.165, 1.54) is 11.3 Å². The topological polar surface area (TPSA) is 36.4 Å². The molecule has 0 spiro atoms. The van der Waals surface area contributed by atoms with Gasteiger partial charge in [0.15, 0.2) is 0 Å². The van der Waals surface area contributed by atoms with Crippen molar-refractivity contribution in [2.24, 2.45) is 0 Å². The summed E-state index contributed by atoms with van der Waals surface area (Å²) in [6.07, 6.45) is 4.98. The SMILES string of the molecule is CN(Cc1ccc(Br)s1)c1ncc(C(=O)N2CCCCC2)cc1Cl. The van der Waals surface area contributed by atoms with Gasteiger partial charge in [-0.1, -0.05) is 11.6 Å². The van der Waals surface area contributed by atoms with E-state index in [2.05, 4.69) is 27.0 Å². The number of carbonyl (C=O) groups is 1. The van der Waals surface area contributed by atoms with Gasteiger partial charge in [-0.2, -0.15) is 0 Å². The highest BCUT2D eigenvalue weighted by Crippen LogP contribution is 2.28. The van der Waals surface area contributed by atoms with Crippen LogP contribution in [0, 0.1) is 0 Å². The number of aromatic nitrogens is 1. The minimum absolute atomic E-state index is 0.0282. The number of halogens is 2. The van der Waals surface area contributed by atoms with Gasteiger partial charge in [-0.15, -0.1) is 11.3 Å². The summed E-state index contributed by atoms with van der Waals surface area (Å²) in [5.41, 5.74) is 0.568. The molecule has 1 fully saturated rings. The lowest BCUT2D eigenvalue weighted by Gasteiger charge is -2.27. The highest BCUT2D eigenvalue weighted by Gasteiger charge is 2.20. The van der Waals surface area contributed by atoms with Crippen molar-refractivity contribution in [1.29, 1.82) is 0 Å². The minimum Gasteiger partial charge on any atom is -0.353 e. The Bertz CT molecular complexity index is 730. The zero-order valence-corrected chi connectivity index (χ0v) is 16.6. The Morgan fingerprint density at radius 2 is 2.12 bits per heavy atom. The lowest BCUT2D eigenvalue weighted by atomic mass is 10.1. The highest BCUT2D eigenvalue weighted by atomic mass is 79.9. The Hall–Kier alpha value is -1.11. The van der Waals surface area contributed by atoms with Crippen LogP contribution in [0.5, 0.6) is 0 Å². The molecule has 24 heavy (non-hydrogen) atoms. The predicted octanol–water partition coefficient (Wildman–Crippen LogP) is 4.82. The maximum atomic E-state index is 12.5. The number of carbonyl (C=O) groups excluding carboxylic acids is 1. The van der Waals surface area contributed by atoms with Gasteiger partial charge in [0.05, 0.1) is 20.9 Å². The van der Waals surface area contributed by atoms with Crippen LogP contribution in [-0.2, 0) is 6.54 Å². The van der Waals surface area contributed by atoms with Gasteiger partial charge >= 0.3 is 0 Å². The molecule has 0 N–H and O–H groups in total. The van der Waals surface area contributed by atoms with Crippen molar-refractivity contribution in [1.82, 2.24) is 9.88 Å². The summed E-state index contributed by atoms with van der Waals surface area (Å²) in [7, 11) is 1.95. The van der Waals surface area contributed by atoms with Crippen molar-refractivity contribution in [2.75, 3.05) is 25.0 Å². The molecule has 1 aliphatic rings. The third-order valence-corrected chi connectivity index (χ3v) is 5.98. The van der Waals surface area contributed by atoms with Gasteiger partial charge in [0.1, 0.15) is 5.82 Å². The molecule has 3 rings (SSSR count). The molecule has 1 amide bonds. The molecular weight excluding hydrogens is 410 g/mol. The smallest absolute Gasteiger partial charge is 0.255 e. The second-order valence-electron chi connectivity index (χ2n) is 5.94. The molecule has 1 aliphatic heterocycles. The molecule has 128 valence electrons. The molecule has 0 atom stereocenters. The van der Waals surface area contributed by atoms with Gasteiger partial charge < -0.3 is 9.80 Å². The van der Waals surface area contributed by atoms with E-state index < -0.39 is 0 Å². The first-order valence-electron chi connectivity index (χ1n) is 7.95. The van der Waals surface area contributed by atoms with Crippen LogP contribution in [0.1, 0.15) is 34.5 Å². The zero-order chi connectivity index (χ0) is 17.1. The quantitative estimate of drug-likeness (QED) is 0.700. The van der Waals surface area contributed by atoms with Crippen molar-refractivity contribution in [3.05, 3.63) is 43.6 Å². The van der Waals surface area contributed by atoms with Gasteiger partial charge in [-0.05, 0) is 53.4 Å². The van der Waals surface area contributed by atoms with Crippen LogP contribution in [0.2, 0.25) is 5.02 Å². The van der Waals surface area contributed by atoms with E-state index in [-0.39, 0.29) is 5.91 Å². The van der Waals surface area contributed by atoms with Gasteiger partial charge in [0.2, 0.25) is 0 Å². The number of rotatable bonds is 4. The predicted molar refractivity (Wildman–Crippen MR) is 103 cm³/mol. The molecule has 0 unspecified atom stereocenters. The van der Waals surface area contributed by atoms with E-state index in [0.717, 1.165) is 36.3 Å². The maximum Gasteiger partial charge on any atom is 0.255 e. The molecule has 0 radical (unpaired) electrons. The van der Waals surface area contributed by atoms with Crippen molar-refractivity contribution in [2.45, 2.75) is 25.8 Å². The van der Waals surface area contributed by atoms with Gasteiger partial charge in [-0.3, -0.25) is 4.79 Å². The molecule has 3 heterocycles. The monoisotopic (exact) mass is 427 g/mol. The molecule has 7 heteroatoms. The number of nitrogens with zero attached hydrogens (tertiary/aromatic N) is 3. The van der Waals surface area contributed by atoms with E-state index in [4.69, 9.17) is 11.6 Å². The molecule has 2 aromatic rings. The molecule has 0 aliphatic carbocycles. The number of thiophene rings is 1. The second-order valence-corrected chi connectivity index (χ2v) is 8.90. The zero-order valence-electron chi connectivity index (χ0n) is 13.5. The van der Waals surface area contributed by atoms with Gasteiger partial charge in [0.25, 0.3) is 5.91 Å². The summed E-state index contributed by atoms with van der Waals surface area (Å²) in [5, 5.41) is 0.510. The Morgan fingerprint density at radius 3 is 2.75 bits per heavy atom. The molecular formula is C17H19BrClN3OS. The van der Waals surface area contributed by atoms with Crippen LogP contribution in [0.4, 0.5) is 5.82 Å². The van der Waals surface area contributed by atoms with Crippen LogP contribution in [-0.4, -0.2) is 35.9 Å². The average Bonchev–Trinajstić information content (AvgIpc) is 2.99. The van der Waals surface area contributed by atoms with E-state index >= 15 is 0 Å². The number of hydrogen-bond donors (Lipinski definition) is 0. The van der Waals surface area contributed by atoms with E-state index in [1.54, 1.807) is 23.6 Å². The summed E-state index contributed by atoms with van der Waals surface area (Å²) in [4.78, 5) is 22.1. The van der Waals surface area contributed by atoms with Crippen molar-refractivity contribution in [3.63, 3.8) is 0 Å². The van der Waals surface area contributed by atoms with E-state index in [9.17, 15) is 4.79 Å². The molecule has 2 aromatic heterocycles. The van der Waals surface area contributed by atoms with E-state index in [1.807, 2.05) is 22.9 Å². The molecule has 0 bridgehead atoms. The lowest BCUT2D eigenvalue weighted by Crippen LogP contribution is -2.35. The number of amides is 1. The second kappa shape index (κ2) is 7.85. The Balaban J connectivity index is 1.72. The first-order valence-corrected chi connectivity index (χ1v) is 9.93. The van der Waals surface area contributed by atoms with Crippen molar-refractivity contribution < 1.29 is 4.79 Å². The van der Waals surface area contributed by atoms with Crippen molar-refractivity contribution in [3.8, 4) is 0 Å². The summed E-state index contributed by atoms with van der Waals surface area (Å²) in [6, 6.07) is 5.85. The van der Waals surface area contributed by atoms with Gasteiger partial charge in [0, 0.05) is 31.2 Å². The standard InChI is InChI=1S/C17H19BrClN3OS/c1-21(11-13-5-6-15(18)24-13)16-14(19)9-12(10-20-16)17(23)22-7-3-2-4-8-22/h5-6,9-10H,2-4,7-8,11H2,1H3. The van der Waals surface area contributed by atoms with Crippen LogP contribution in [0.15, 0.2) is 28.2 Å². The first-order chi connectivity index (χ1) is 11.5. The Kier molecular flexibility index (Phi) is 5.79. The number of hydrogen-bond acceptors (Lipinski definition) is 4. The molecule has 0 saturated carbocycles. The van der Waals surface area contributed by atoms with Gasteiger partial charge in [-0.25, -0.2) is 4.98 Å². The number of likely N-dealkylation sites (tertiary alicyclic amines) is 1. The fourth-order valence-electron chi connectivity index (χ4n) is 2.85. The maximum absolute atomic E-state index is 12.5. The number of pyridine rings is 1. The number of anilines is 1. The van der Waals surface area contributed by atoms with Crippen LogP contribution < -0.4 is 4.90 Å². The third-order valence-electron chi connectivity index (χ3n) is 4.10. The summed E-state index contributed by atoms with van der Waals surface area (Å²) < 4.78 is 1.10. The fourth-order valence-corrected chi connectivity index (χ4v) is 4.70. The largest absolute Gasteiger partial charge is 0.353 e. The lowest BCUT2D eigenvalue weighted by molar-refractivity contribution is 0.0724. The fraction of sp³-hybridized carbons (Fsp3) is 0.412. The van der Waals surface area contributed by atoms with Crippen LogP contribution in [0.25, 0.3) is 0 Å². The average molecular weight is 429 g/mol. The van der Waals surface area contributed by atoms with E-state index in [0.29, 0.717) is 16.4 Å². The van der Waals surface area contributed by atoms with Crippen LogP contribution in [0.3, 0.4) is 0 Å². The normalized spacial score (nSPS) is 14.7. The Morgan fingerprint density at radius 1 is 1.38 bits per heavy atom. The highest BCUT2D eigenvalue weighted by molar-refractivity contribution is 9.11. The summed E-state index contributed by atoms with van der Waals surface area (Å²) in [5.74, 6) is 0.719. The van der Waals surface area contributed by atoms with Crippen LogP contribution >= 0.6 is 38.9 Å². The molecule has 0 aromatic carbocycles. The number of piperidine rings is 1. The third kappa shape index (κ3) is 4.10. The minimum atomic E-state index is 0.0282. The molecule has 4 nitrogen and oxygen atoms in total. The first kappa shape index (κ1) is 17.7. The summed E-state index contributed by atoms with van der Waals surface area (Å²) >= 11 is 11.6.